The first-order valence-electron chi connectivity index (χ1n) is 4.68. The lowest BCUT2D eigenvalue weighted by atomic mass is 9.97. The molecular weight excluding hydrogens is 168 g/mol. The number of aliphatic hydroxyl groups is 1. The molecule has 0 radical (unpaired) electrons. The molecule has 4 nitrogen and oxygen atoms in total. The van der Waals surface area contributed by atoms with Gasteiger partial charge in [-0.3, -0.25) is 4.79 Å². The quantitative estimate of drug-likeness (QED) is 0.544. The van der Waals surface area contributed by atoms with Crippen molar-refractivity contribution >= 4 is 5.78 Å². The fraction of sp³-hybridized carbons (Fsp3) is 0.889. The highest BCUT2D eigenvalue weighted by atomic mass is 16.3. The van der Waals surface area contributed by atoms with Crippen LogP contribution in [-0.4, -0.2) is 42.2 Å². The van der Waals surface area contributed by atoms with Gasteiger partial charge in [-0.05, 0) is 13.8 Å². The van der Waals surface area contributed by atoms with Crippen molar-refractivity contribution in [2.24, 2.45) is 0 Å². The van der Waals surface area contributed by atoms with Gasteiger partial charge in [0.25, 0.3) is 0 Å². The molecule has 0 aromatic carbocycles. The molecule has 1 fully saturated rings. The maximum Gasteiger partial charge on any atom is 0.153 e. The second-order valence-corrected chi connectivity index (χ2v) is 4.17. The molecule has 0 aromatic heterocycles. The predicted molar refractivity (Wildman–Crippen MR) is 50.6 cm³/mol. The molecule has 0 spiro atoms. The van der Waals surface area contributed by atoms with Crippen molar-refractivity contribution in [2.75, 3.05) is 19.6 Å². The summed E-state index contributed by atoms with van der Waals surface area (Å²) < 4.78 is 0. The van der Waals surface area contributed by atoms with E-state index in [9.17, 15) is 9.90 Å². The highest BCUT2D eigenvalue weighted by molar-refractivity contribution is 5.85. The third-order valence-electron chi connectivity index (χ3n) is 2.04. The summed E-state index contributed by atoms with van der Waals surface area (Å²) in [5.74, 6) is 0.0831. The average molecular weight is 186 g/mol. The van der Waals surface area contributed by atoms with Gasteiger partial charge in [-0.15, -0.1) is 0 Å². The summed E-state index contributed by atoms with van der Waals surface area (Å²) in [5, 5.41) is 15.7. The van der Waals surface area contributed by atoms with Crippen LogP contribution in [0.5, 0.6) is 0 Å². The first kappa shape index (κ1) is 10.6. The number of rotatable bonds is 3. The Morgan fingerprint density at radius 1 is 1.54 bits per heavy atom. The lowest BCUT2D eigenvalue weighted by molar-refractivity contribution is -0.125. The van der Waals surface area contributed by atoms with Crippen LogP contribution in [-0.2, 0) is 4.79 Å². The Morgan fingerprint density at radius 2 is 2.23 bits per heavy atom. The minimum atomic E-state index is -0.893. The second kappa shape index (κ2) is 4.17. The van der Waals surface area contributed by atoms with Crippen LogP contribution in [0.3, 0.4) is 0 Å². The van der Waals surface area contributed by atoms with E-state index >= 15 is 0 Å². The molecule has 0 aliphatic carbocycles. The smallest absolute Gasteiger partial charge is 0.153 e. The standard InChI is InChI=1S/C9H18N2O2/c1-9(2,13)5-8(12)7-6-10-3-4-11-7/h7,10-11,13H,3-6H2,1-2H3. The molecule has 1 aliphatic heterocycles. The molecule has 1 saturated heterocycles. The molecular formula is C9H18N2O2. The van der Waals surface area contributed by atoms with E-state index < -0.39 is 5.60 Å². The van der Waals surface area contributed by atoms with E-state index in [1.807, 2.05) is 0 Å². The van der Waals surface area contributed by atoms with Gasteiger partial charge >= 0.3 is 0 Å². The number of nitrogens with one attached hydrogen (secondary N) is 2. The van der Waals surface area contributed by atoms with Crippen LogP contribution in [0.25, 0.3) is 0 Å². The van der Waals surface area contributed by atoms with E-state index in [1.165, 1.54) is 0 Å². The molecule has 4 heteroatoms. The maximum absolute atomic E-state index is 11.6. The molecule has 3 N–H and O–H groups in total. The summed E-state index contributed by atoms with van der Waals surface area (Å²) in [5.41, 5.74) is -0.893. The lowest BCUT2D eigenvalue weighted by Crippen LogP contribution is -2.53. The topological polar surface area (TPSA) is 61.4 Å². The molecule has 76 valence electrons. The van der Waals surface area contributed by atoms with Gasteiger partial charge in [0, 0.05) is 26.1 Å². The van der Waals surface area contributed by atoms with E-state index in [1.54, 1.807) is 13.8 Å². The van der Waals surface area contributed by atoms with E-state index in [0.29, 0.717) is 6.54 Å². The Bertz CT molecular complexity index is 181. The van der Waals surface area contributed by atoms with Gasteiger partial charge in [0.2, 0.25) is 0 Å². The normalized spacial score (nSPS) is 24.4. The molecule has 0 aromatic rings. The predicted octanol–water partition coefficient (Wildman–Crippen LogP) is -0.722. The van der Waals surface area contributed by atoms with Crippen LogP contribution in [0.1, 0.15) is 20.3 Å². The van der Waals surface area contributed by atoms with Crippen molar-refractivity contribution in [3.63, 3.8) is 0 Å². The first-order valence-corrected chi connectivity index (χ1v) is 4.68. The van der Waals surface area contributed by atoms with Crippen molar-refractivity contribution in [2.45, 2.75) is 31.9 Å². The first-order chi connectivity index (χ1) is 5.99. The van der Waals surface area contributed by atoms with Crippen LogP contribution in [0.4, 0.5) is 0 Å². The summed E-state index contributed by atoms with van der Waals surface area (Å²) in [6.45, 7) is 5.71. The van der Waals surface area contributed by atoms with Crippen molar-refractivity contribution in [1.82, 2.24) is 10.6 Å². The van der Waals surface area contributed by atoms with Crippen molar-refractivity contribution < 1.29 is 9.90 Å². The van der Waals surface area contributed by atoms with Gasteiger partial charge in [-0.1, -0.05) is 0 Å². The Morgan fingerprint density at radius 3 is 2.69 bits per heavy atom. The van der Waals surface area contributed by atoms with Crippen LogP contribution in [0.15, 0.2) is 0 Å². The Balaban J connectivity index is 2.38. The summed E-state index contributed by atoms with van der Waals surface area (Å²) in [7, 11) is 0. The molecule has 1 atom stereocenters. The minimum absolute atomic E-state index is 0.0831. The molecule has 0 amide bonds. The number of ketones is 1. The van der Waals surface area contributed by atoms with Crippen LogP contribution < -0.4 is 10.6 Å². The highest BCUT2D eigenvalue weighted by Gasteiger charge is 2.25. The summed E-state index contributed by atoms with van der Waals surface area (Å²) in [4.78, 5) is 11.6. The van der Waals surface area contributed by atoms with Crippen LogP contribution in [0.2, 0.25) is 0 Å². The third-order valence-corrected chi connectivity index (χ3v) is 2.04. The molecule has 0 saturated carbocycles. The maximum atomic E-state index is 11.6. The third kappa shape index (κ3) is 3.85. The Hall–Kier alpha value is -0.450. The zero-order valence-corrected chi connectivity index (χ0v) is 8.26. The molecule has 0 bridgehead atoms. The summed E-state index contributed by atoms with van der Waals surface area (Å²) in [6.07, 6.45) is 0.215. The lowest BCUT2D eigenvalue weighted by Gasteiger charge is -2.26. The monoisotopic (exact) mass is 186 g/mol. The number of piperazine rings is 1. The second-order valence-electron chi connectivity index (χ2n) is 4.17. The number of Topliss-reactive ketones (excluding diaryl/α,β-unsaturated/α-hetero) is 1. The molecule has 13 heavy (non-hydrogen) atoms. The summed E-state index contributed by atoms with van der Waals surface area (Å²) in [6, 6.07) is -0.125. The SMILES string of the molecule is CC(C)(O)CC(=O)C1CNCCN1. The van der Waals surface area contributed by atoms with E-state index in [-0.39, 0.29) is 18.2 Å². The molecule has 1 rings (SSSR count). The van der Waals surface area contributed by atoms with E-state index in [4.69, 9.17) is 0 Å². The number of hydrogen-bond acceptors (Lipinski definition) is 4. The number of carbonyl (C=O) groups excluding carboxylic acids is 1. The fourth-order valence-corrected chi connectivity index (χ4v) is 1.43. The van der Waals surface area contributed by atoms with E-state index in [2.05, 4.69) is 10.6 Å². The van der Waals surface area contributed by atoms with Gasteiger partial charge in [-0.2, -0.15) is 0 Å². The molecule has 1 aliphatic rings. The summed E-state index contributed by atoms with van der Waals surface area (Å²) >= 11 is 0. The van der Waals surface area contributed by atoms with Gasteiger partial charge in [0.1, 0.15) is 0 Å². The fourth-order valence-electron chi connectivity index (χ4n) is 1.43. The van der Waals surface area contributed by atoms with Gasteiger partial charge in [0.15, 0.2) is 5.78 Å². The average Bonchev–Trinajstić information content (AvgIpc) is 2.03. The van der Waals surface area contributed by atoms with Gasteiger partial charge in [-0.25, -0.2) is 0 Å². The number of carbonyl (C=O) groups is 1. The van der Waals surface area contributed by atoms with Crippen LogP contribution >= 0.6 is 0 Å². The Labute approximate surface area is 78.7 Å². The van der Waals surface area contributed by atoms with Crippen molar-refractivity contribution in [1.29, 1.82) is 0 Å². The van der Waals surface area contributed by atoms with Crippen LogP contribution in [0, 0.1) is 0 Å². The Kier molecular flexibility index (Phi) is 3.41. The zero-order chi connectivity index (χ0) is 9.90. The van der Waals surface area contributed by atoms with E-state index in [0.717, 1.165) is 13.1 Å². The molecule has 1 unspecified atom stereocenters. The van der Waals surface area contributed by atoms with Crippen molar-refractivity contribution in [3.05, 3.63) is 0 Å². The van der Waals surface area contributed by atoms with Crippen molar-refractivity contribution in [3.8, 4) is 0 Å². The van der Waals surface area contributed by atoms with Gasteiger partial charge in [0.05, 0.1) is 11.6 Å². The minimum Gasteiger partial charge on any atom is -0.390 e. The molecule has 1 heterocycles. The highest BCUT2D eigenvalue weighted by Crippen LogP contribution is 2.09. The largest absolute Gasteiger partial charge is 0.390 e. The van der Waals surface area contributed by atoms with Gasteiger partial charge < -0.3 is 15.7 Å². The number of hydrogen-bond donors (Lipinski definition) is 3. The zero-order valence-electron chi connectivity index (χ0n) is 8.26.